The van der Waals surface area contributed by atoms with Gasteiger partial charge in [-0.05, 0) is 38.4 Å². The van der Waals surface area contributed by atoms with Gasteiger partial charge in [0.2, 0.25) is 0 Å². The quantitative estimate of drug-likeness (QED) is 0.697. The van der Waals surface area contributed by atoms with Gasteiger partial charge in [-0.1, -0.05) is 23.8 Å². The number of halogens is 1. The average molecular weight is 226 g/mol. The smallest absolute Gasteiger partial charge is 0.0351 e. The third kappa shape index (κ3) is 4.23. The van der Waals surface area contributed by atoms with Gasteiger partial charge >= 0.3 is 0 Å². The predicted octanol–water partition coefficient (Wildman–Crippen LogP) is 3.02. The van der Waals surface area contributed by atoms with Crippen LogP contribution in [0.15, 0.2) is 18.2 Å². The van der Waals surface area contributed by atoms with E-state index in [0.717, 1.165) is 19.5 Å². The van der Waals surface area contributed by atoms with Gasteiger partial charge < -0.3 is 4.90 Å². The minimum Gasteiger partial charge on any atom is -0.305 e. The number of rotatable bonds is 5. The van der Waals surface area contributed by atoms with Crippen molar-refractivity contribution in [2.45, 2.75) is 20.3 Å². The lowest BCUT2D eigenvalue weighted by atomic mass is 10.0. The fourth-order valence-electron chi connectivity index (χ4n) is 1.64. The average Bonchev–Trinajstić information content (AvgIpc) is 2.20. The molecule has 0 N–H and O–H groups in total. The Morgan fingerprint density at radius 2 is 1.93 bits per heavy atom. The zero-order valence-electron chi connectivity index (χ0n) is 9.89. The molecular weight excluding hydrogens is 206 g/mol. The summed E-state index contributed by atoms with van der Waals surface area (Å²) in [5.74, 6) is 0.712. The molecule has 0 aliphatic carbocycles. The Morgan fingerprint density at radius 3 is 2.60 bits per heavy atom. The molecule has 0 aromatic heterocycles. The van der Waals surface area contributed by atoms with Crippen LogP contribution in [-0.2, 0) is 6.42 Å². The van der Waals surface area contributed by atoms with Crippen molar-refractivity contribution < 1.29 is 0 Å². The molecule has 0 saturated carbocycles. The van der Waals surface area contributed by atoms with Crippen molar-refractivity contribution in [3.05, 3.63) is 34.9 Å². The van der Waals surface area contributed by atoms with Crippen molar-refractivity contribution in [3.8, 4) is 0 Å². The molecule has 0 saturated heterocycles. The number of hydrogen-bond acceptors (Lipinski definition) is 1. The molecule has 1 aromatic carbocycles. The Hall–Kier alpha value is -0.530. The second-order valence-electron chi connectivity index (χ2n) is 4.17. The van der Waals surface area contributed by atoms with E-state index < -0.39 is 0 Å². The Kier molecular flexibility index (Phi) is 5.13. The van der Waals surface area contributed by atoms with E-state index in [1.807, 2.05) is 0 Å². The van der Waals surface area contributed by atoms with Gasteiger partial charge in [-0.2, -0.15) is 0 Å². The van der Waals surface area contributed by atoms with Gasteiger partial charge in [-0.15, -0.1) is 11.6 Å². The molecule has 84 valence electrons. The molecule has 1 aromatic rings. The summed E-state index contributed by atoms with van der Waals surface area (Å²) < 4.78 is 0. The fourth-order valence-corrected chi connectivity index (χ4v) is 1.93. The van der Waals surface area contributed by atoms with Crippen LogP contribution in [0.4, 0.5) is 0 Å². The molecule has 2 heteroatoms. The second kappa shape index (κ2) is 6.14. The van der Waals surface area contributed by atoms with E-state index in [-0.39, 0.29) is 0 Å². The van der Waals surface area contributed by atoms with Gasteiger partial charge in [-0.3, -0.25) is 0 Å². The summed E-state index contributed by atoms with van der Waals surface area (Å²) in [6, 6.07) is 6.65. The van der Waals surface area contributed by atoms with Crippen LogP contribution in [-0.4, -0.2) is 30.9 Å². The highest BCUT2D eigenvalue weighted by Crippen LogP contribution is 2.11. The van der Waals surface area contributed by atoms with E-state index in [0.29, 0.717) is 5.88 Å². The second-order valence-corrected chi connectivity index (χ2v) is 4.55. The Bertz CT molecular complexity index is 309. The lowest BCUT2D eigenvalue weighted by Crippen LogP contribution is -2.23. The van der Waals surface area contributed by atoms with Crippen LogP contribution in [0.3, 0.4) is 0 Å². The van der Waals surface area contributed by atoms with Gasteiger partial charge in [0.15, 0.2) is 0 Å². The molecule has 15 heavy (non-hydrogen) atoms. The van der Waals surface area contributed by atoms with Crippen molar-refractivity contribution in [1.29, 1.82) is 0 Å². The third-order valence-corrected chi connectivity index (χ3v) is 2.90. The zero-order valence-corrected chi connectivity index (χ0v) is 10.6. The largest absolute Gasteiger partial charge is 0.305 e. The molecule has 1 rings (SSSR count). The highest BCUT2D eigenvalue weighted by atomic mass is 35.5. The lowest BCUT2D eigenvalue weighted by molar-refractivity contribution is 0.359. The molecule has 0 atom stereocenters. The van der Waals surface area contributed by atoms with Crippen molar-refractivity contribution >= 4 is 11.6 Å². The van der Waals surface area contributed by atoms with Gasteiger partial charge in [0.05, 0.1) is 0 Å². The van der Waals surface area contributed by atoms with Crippen molar-refractivity contribution in [3.63, 3.8) is 0 Å². The van der Waals surface area contributed by atoms with Crippen LogP contribution in [0.2, 0.25) is 0 Å². The van der Waals surface area contributed by atoms with Gasteiger partial charge in [0.1, 0.15) is 0 Å². The van der Waals surface area contributed by atoms with E-state index in [2.05, 4.69) is 44.0 Å². The first-order valence-corrected chi connectivity index (χ1v) is 5.97. The molecule has 0 bridgehead atoms. The number of alkyl halides is 1. The Balaban J connectivity index is 2.53. The maximum atomic E-state index is 5.69. The van der Waals surface area contributed by atoms with Crippen LogP contribution in [0, 0.1) is 13.8 Å². The number of likely N-dealkylation sites (N-methyl/N-ethyl adjacent to an activating group) is 1. The van der Waals surface area contributed by atoms with Crippen molar-refractivity contribution in [2.24, 2.45) is 0 Å². The molecular formula is C13H20ClN. The van der Waals surface area contributed by atoms with E-state index in [1.165, 1.54) is 16.7 Å². The van der Waals surface area contributed by atoms with Crippen LogP contribution in [0.1, 0.15) is 16.7 Å². The summed E-state index contributed by atoms with van der Waals surface area (Å²) in [5.41, 5.74) is 4.19. The molecule has 0 fully saturated rings. The summed E-state index contributed by atoms with van der Waals surface area (Å²) in [7, 11) is 2.12. The monoisotopic (exact) mass is 225 g/mol. The maximum Gasteiger partial charge on any atom is 0.0351 e. The molecule has 0 aliphatic heterocycles. The first-order chi connectivity index (χ1) is 7.13. The van der Waals surface area contributed by atoms with Crippen LogP contribution >= 0.6 is 11.6 Å². The molecule has 0 radical (unpaired) electrons. The van der Waals surface area contributed by atoms with Gasteiger partial charge in [0.25, 0.3) is 0 Å². The Labute approximate surface area is 98.0 Å². The minimum atomic E-state index is 0.712. The fraction of sp³-hybridized carbons (Fsp3) is 0.538. The summed E-state index contributed by atoms with van der Waals surface area (Å²) in [6.07, 6.45) is 1.11. The summed E-state index contributed by atoms with van der Waals surface area (Å²) in [4.78, 5) is 2.27. The number of hydrogen-bond donors (Lipinski definition) is 0. The first kappa shape index (κ1) is 12.5. The number of aryl methyl sites for hydroxylation is 2. The van der Waals surface area contributed by atoms with E-state index in [4.69, 9.17) is 11.6 Å². The van der Waals surface area contributed by atoms with Crippen LogP contribution < -0.4 is 0 Å². The first-order valence-electron chi connectivity index (χ1n) is 5.44. The topological polar surface area (TPSA) is 3.24 Å². The van der Waals surface area contributed by atoms with Crippen LogP contribution in [0.5, 0.6) is 0 Å². The predicted molar refractivity (Wildman–Crippen MR) is 67.8 cm³/mol. The van der Waals surface area contributed by atoms with Gasteiger partial charge in [0, 0.05) is 19.0 Å². The summed E-state index contributed by atoms with van der Waals surface area (Å²) in [6.45, 7) is 6.37. The highest BCUT2D eigenvalue weighted by Gasteiger charge is 2.01. The number of nitrogens with zero attached hydrogens (tertiary/aromatic N) is 1. The molecule has 0 heterocycles. The maximum absolute atomic E-state index is 5.69. The standard InChI is InChI=1S/C13H20ClN/c1-11-4-5-12(2)13(10-11)6-8-15(3)9-7-14/h4-5,10H,6-9H2,1-3H3. The molecule has 1 nitrogen and oxygen atoms in total. The number of benzene rings is 1. The highest BCUT2D eigenvalue weighted by molar-refractivity contribution is 6.18. The molecule has 0 aliphatic rings. The van der Waals surface area contributed by atoms with Crippen LogP contribution in [0.25, 0.3) is 0 Å². The third-order valence-electron chi connectivity index (χ3n) is 2.73. The normalized spacial score (nSPS) is 11.0. The van der Waals surface area contributed by atoms with Crippen molar-refractivity contribution in [2.75, 3.05) is 26.0 Å². The van der Waals surface area contributed by atoms with Gasteiger partial charge in [-0.25, -0.2) is 0 Å². The van der Waals surface area contributed by atoms with E-state index in [1.54, 1.807) is 0 Å². The van der Waals surface area contributed by atoms with E-state index in [9.17, 15) is 0 Å². The lowest BCUT2D eigenvalue weighted by Gasteiger charge is -2.15. The summed E-state index contributed by atoms with van der Waals surface area (Å²) >= 11 is 5.69. The molecule has 0 unspecified atom stereocenters. The van der Waals surface area contributed by atoms with E-state index >= 15 is 0 Å². The zero-order chi connectivity index (χ0) is 11.3. The molecule has 0 amide bonds. The minimum absolute atomic E-state index is 0.712. The Morgan fingerprint density at radius 1 is 1.20 bits per heavy atom. The molecule has 0 spiro atoms. The summed E-state index contributed by atoms with van der Waals surface area (Å²) in [5, 5.41) is 0. The SMILES string of the molecule is Cc1ccc(C)c(CCN(C)CCCl)c1. The van der Waals surface area contributed by atoms with Crippen molar-refractivity contribution in [1.82, 2.24) is 4.90 Å².